The van der Waals surface area contributed by atoms with Gasteiger partial charge in [0, 0.05) is 13.0 Å². The van der Waals surface area contributed by atoms with Crippen molar-refractivity contribution in [2.45, 2.75) is 62.9 Å². The Balaban J connectivity index is 0.00000266. The summed E-state index contributed by atoms with van der Waals surface area (Å²) in [5, 5.41) is 12.3. The number of piperidine rings is 1. The van der Waals surface area contributed by atoms with Gasteiger partial charge in [-0.2, -0.15) is 9.90 Å². The Kier molecular flexibility index (Phi) is 13.4. The summed E-state index contributed by atoms with van der Waals surface area (Å²) in [6.07, 6.45) is 3.83. The summed E-state index contributed by atoms with van der Waals surface area (Å²) in [6.45, 7) is 3.86. The Bertz CT molecular complexity index is 2280. The van der Waals surface area contributed by atoms with Gasteiger partial charge in [-0.3, -0.25) is 4.90 Å². The number of anilines is 1. The Morgan fingerprint density at radius 3 is 2.61 bits per heavy atom. The standard InChI is InChI=1S/C41H39F3N5O4.H3P.H2S.Tl/c1-3-27-12-7-13-28-18-31(53-25-51-22-26-10-5-4-6-11-26)34(43)33(32(27)28)37-35(44)36-30(20-45-37)38(48-16-8-14-40(2,50)23-48)47-39(46-36)52-24-41-15-9-17-49(41)21-29(42)19-41;;;/h4-7,10-13,18,20,29,50H,8-9,14-17,19,21-25H2,2H3;1H3;1H2;/p-1/t29-,40-,41+;;;/m1.../s1. The number of hydrogen-bond donors (Lipinski definition) is 1. The van der Waals surface area contributed by atoms with Crippen LogP contribution in [-0.2, 0) is 24.8 Å². The quantitative estimate of drug-likeness (QED) is 0.0330. The first-order valence-corrected chi connectivity index (χ1v) is 20.5. The van der Waals surface area contributed by atoms with Gasteiger partial charge in [-0.05, 0) is 39.2 Å². The maximum atomic E-state index is 17.3. The summed E-state index contributed by atoms with van der Waals surface area (Å²) in [5.41, 5.74) is -0.521. The van der Waals surface area contributed by atoms with Gasteiger partial charge in [0.05, 0.1) is 11.1 Å². The minimum atomic E-state index is -1.00. The van der Waals surface area contributed by atoms with E-state index in [4.69, 9.17) is 19.2 Å². The van der Waals surface area contributed by atoms with Gasteiger partial charge in [-0.1, -0.05) is 30.3 Å². The molecule has 2 aromatic heterocycles. The first-order chi connectivity index (χ1) is 26.1. The molecule has 0 saturated carbocycles. The Morgan fingerprint density at radius 1 is 1.02 bits per heavy atom. The van der Waals surface area contributed by atoms with Gasteiger partial charge in [0.1, 0.15) is 6.17 Å². The van der Waals surface area contributed by atoms with Gasteiger partial charge >= 0.3 is 215 Å². The number of halogens is 3. The molecule has 5 aromatic rings. The van der Waals surface area contributed by atoms with E-state index in [-0.39, 0.29) is 78.5 Å². The second-order valence-corrected chi connectivity index (χ2v) is 15.9. The van der Waals surface area contributed by atoms with Gasteiger partial charge in [-0.25, -0.2) is 4.39 Å². The number of ether oxygens (including phenoxy) is 3. The summed E-state index contributed by atoms with van der Waals surface area (Å²) in [4.78, 5) is 17.9. The van der Waals surface area contributed by atoms with Crippen molar-refractivity contribution in [3.05, 3.63) is 83.6 Å². The molecular formula is C41H43F3N5O4PSTl-. The van der Waals surface area contributed by atoms with E-state index in [0.717, 1.165) is 24.9 Å². The number of alkyl halides is 1. The Labute approximate surface area is 350 Å². The average Bonchev–Trinajstić information content (AvgIpc) is 3.69. The summed E-state index contributed by atoms with van der Waals surface area (Å²) in [6, 6.07) is 16.4. The van der Waals surface area contributed by atoms with Crippen LogP contribution in [-0.4, -0.2) is 108 Å². The van der Waals surface area contributed by atoms with Crippen LogP contribution in [0.15, 0.2) is 60.8 Å². The van der Waals surface area contributed by atoms with Crippen molar-refractivity contribution in [3.63, 3.8) is 0 Å². The van der Waals surface area contributed by atoms with Crippen LogP contribution in [0.5, 0.6) is 11.8 Å². The van der Waals surface area contributed by atoms with Crippen LogP contribution in [0.3, 0.4) is 0 Å². The molecular weight excluding hydrogens is 951 g/mol. The number of hydrogen-bond acceptors (Lipinski definition) is 10. The van der Waals surface area contributed by atoms with Crippen LogP contribution in [0.2, 0.25) is 0 Å². The van der Waals surface area contributed by atoms with E-state index in [1.807, 2.05) is 41.3 Å². The second-order valence-electron chi connectivity index (χ2n) is 14.7. The van der Waals surface area contributed by atoms with E-state index >= 15 is 8.78 Å². The molecule has 56 heavy (non-hydrogen) atoms. The molecule has 4 atom stereocenters. The van der Waals surface area contributed by atoms with Crippen molar-refractivity contribution in [2.75, 3.05) is 44.5 Å². The van der Waals surface area contributed by atoms with Crippen LogP contribution in [0, 0.1) is 21.0 Å². The number of pyridine rings is 1. The molecule has 0 spiro atoms. The van der Waals surface area contributed by atoms with Crippen molar-refractivity contribution in [1.29, 1.82) is 0 Å². The van der Waals surface area contributed by atoms with Crippen molar-refractivity contribution in [1.82, 2.24) is 19.9 Å². The fourth-order valence-corrected chi connectivity index (χ4v) is 8.91. The Morgan fingerprint density at radius 2 is 1.82 bits per heavy atom. The molecule has 0 bridgehead atoms. The molecule has 3 fully saturated rings. The topological polar surface area (TPSA) is 93.1 Å². The molecule has 8 rings (SSSR count). The summed E-state index contributed by atoms with van der Waals surface area (Å²) in [5.74, 6) is 1.64. The van der Waals surface area contributed by atoms with E-state index in [1.54, 1.807) is 25.1 Å². The smallest absolute Gasteiger partial charge is 0.813 e. The van der Waals surface area contributed by atoms with Crippen LogP contribution in [0.4, 0.5) is 19.0 Å². The van der Waals surface area contributed by atoms with E-state index in [0.29, 0.717) is 85.7 Å². The summed E-state index contributed by atoms with van der Waals surface area (Å²) >= 11 is 0.360. The number of benzene rings is 3. The van der Waals surface area contributed by atoms with Gasteiger partial charge < -0.3 is 18.6 Å². The van der Waals surface area contributed by atoms with Crippen molar-refractivity contribution in [2.24, 2.45) is 0 Å². The molecule has 9 nitrogen and oxygen atoms in total. The average molecular weight is 994 g/mol. The molecule has 0 aliphatic carbocycles. The van der Waals surface area contributed by atoms with Crippen LogP contribution in [0.1, 0.15) is 50.2 Å². The number of rotatable bonds is 10. The molecule has 0 radical (unpaired) electrons. The predicted molar refractivity (Wildman–Crippen MR) is 220 cm³/mol. The molecule has 5 heterocycles. The molecule has 0 amide bonds. The zero-order valence-electron chi connectivity index (χ0n) is 31.1. The fourth-order valence-electron chi connectivity index (χ4n) is 8.31. The van der Waals surface area contributed by atoms with Crippen LogP contribution >= 0.6 is 9.90 Å². The van der Waals surface area contributed by atoms with E-state index in [2.05, 4.69) is 24.3 Å². The van der Waals surface area contributed by atoms with E-state index in [9.17, 15) is 9.50 Å². The molecule has 3 saturated heterocycles. The molecule has 1 unspecified atom stereocenters. The fraction of sp³-hybridized carbons (Fsp3) is 0.390. The minimum Gasteiger partial charge on any atom is -0.813 e. The predicted octanol–water partition coefficient (Wildman–Crippen LogP) is 6.25. The third kappa shape index (κ3) is 8.47. The van der Waals surface area contributed by atoms with E-state index < -0.39 is 28.9 Å². The van der Waals surface area contributed by atoms with Gasteiger partial charge in [-0.15, -0.1) is 0 Å². The van der Waals surface area contributed by atoms with Crippen LogP contribution < -0.4 is 14.4 Å². The Hall–Kier alpha value is -3.26. The number of β-amino-alcohol motifs (C(OH)–C–C–N with tert-alkyl or cyclic N) is 1. The molecule has 15 heteroatoms. The second kappa shape index (κ2) is 17.7. The third-order valence-corrected chi connectivity index (χ3v) is 11.3. The zero-order chi connectivity index (χ0) is 37.5. The van der Waals surface area contributed by atoms with Crippen molar-refractivity contribution < 1.29 is 32.5 Å². The molecule has 292 valence electrons. The molecule has 3 aliphatic heterocycles. The number of thiol groups is 1. The van der Waals surface area contributed by atoms with Gasteiger partial charge in [0.25, 0.3) is 0 Å². The monoisotopic (exact) mass is 994 g/mol. The third-order valence-electron chi connectivity index (χ3n) is 10.8. The van der Waals surface area contributed by atoms with Gasteiger partial charge in [0.2, 0.25) is 0 Å². The number of aromatic nitrogens is 3. The molecule has 3 aliphatic rings. The van der Waals surface area contributed by atoms with Crippen molar-refractivity contribution in [3.8, 4) is 32.4 Å². The SMILES string of the molecule is C[C@@]1(O)CCCN(c2nc(OC[C@@]34CCCN3C[C@H](F)C4)nc3c(F)c(-c4c(F)c(OCOCc5ccccc5)cc5cccc(C#[C][Tl])c45)ncc23)C1.P.[SH-]. The van der Waals surface area contributed by atoms with Gasteiger partial charge in [0.15, 0.2) is 0 Å². The summed E-state index contributed by atoms with van der Waals surface area (Å²) in [7, 11) is 0. The van der Waals surface area contributed by atoms with E-state index in [1.165, 1.54) is 6.20 Å². The first kappa shape index (κ1) is 42.4. The molecule has 1 N–H and O–H groups in total. The zero-order valence-corrected chi connectivity index (χ0v) is 37.9. The minimum absolute atomic E-state index is 0. The molecule has 3 aromatic carbocycles. The first-order valence-electron chi connectivity index (χ1n) is 18.2. The number of fused-ring (bicyclic) bond motifs is 3. The normalized spacial score (nSPS) is 21.9. The summed E-state index contributed by atoms with van der Waals surface area (Å²) < 4.78 is 69.6. The maximum absolute atomic E-state index is 17.3. The number of aliphatic hydroxyl groups is 1. The van der Waals surface area contributed by atoms with Crippen molar-refractivity contribution >= 4 is 76.7 Å². The number of nitrogens with zero attached hydrogens (tertiary/aromatic N) is 5. The van der Waals surface area contributed by atoms with Crippen LogP contribution in [0.25, 0.3) is 32.9 Å².